The van der Waals surface area contributed by atoms with Crippen LogP contribution in [0.2, 0.25) is 0 Å². The molecule has 3 aromatic heterocycles. The number of rotatable bonds is 5. The quantitative estimate of drug-likeness (QED) is 0.483. The summed E-state index contributed by atoms with van der Waals surface area (Å²) in [6.45, 7) is 2.31. The molecular formula is C23H19N5O2S. The highest BCUT2D eigenvalue weighted by molar-refractivity contribution is 7.84. The molecule has 4 aromatic rings. The maximum absolute atomic E-state index is 13.2. The summed E-state index contributed by atoms with van der Waals surface area (Å²) in [7, 11) is -1.04. The molecule has 0 aliphatic heterocycles. The summed E-state index contributed by atoms with van der Waals surface area (Å²) in [6, 6.07) is 16.3. The van der Waals surface area contributed by atoms with Crippen molar-refractivity contribution in [3.05, 3.63) is 78.2 Å². The van der Waals surface area contributed by atoms with Crippen molar-refractivity contribution in [3.8, 4) is 17.2 Å². The van der Waals surface area contributed by atoms with Gasteiger partial charge in [-0.15, -0.1) is 0 Å². The zero-order valence-electron chi connectivity index (χ0n) is 17.0. The van der Waals surface area contributed by atoms with E-state index in [0.29, 0.717) is 23.5 Å². The topological polar surface area (TPSA) is 91.4 Å². The third kappa shape index (κ3) is 3.96. The van der Waals surface area contributed by atoms with Gasteiger partial charge in [0.25, 0.3) is 5.91 Å². The molecule has 8 heteroatoms. The maximum Gasteiger partial charge on any atom is 0.259 e. The van der Waals surface area contributed by atoms with Crippen molar-refractivity contribution in [3.63, 3.8) is 0 Å². The van der Waals surface area contributed by atoms with Gasteiger partial charge in [0.1, 0.15) is 11.9 Å². The largest absolute Gasteiger partial charge is 0.293 e. The lowest BCUT2D eigenvalue weighted by atomic mass is 10.1. The highest BCUT2D eigenvalue weighted by Gasteiger charge is 2.19. The molecule has 0 N–H and O–H groups in total. The van der Waals surface area contributed by atoms with Crippen LogP contribution >= 0.6 is 0 Å². The van der Waals surface area contributed by atoms with Gasteiger partial charge in [-0.1, -0.05) is 12.1 Å². The van der Waals surface area contributed by atoms with Crippen molar-refractivity contribution < 1.29 is 9.00 Å². The fourth-order valence-corrected chi connectivity index (χ4v) is 3.86. The summed E-state index contributed by atoms with van der Waals surface area (Å²) < 4.78 is 13.4. The number of carbonyl (C=O) groups is 1. The van der Waals surface area contributed by atoms with Crippen molar-refractivity contribution >= 4 is 28.0 Å². The normalized spacial score (nSPS) is 11.8. The molecule has 1 unspecified atom stereocenters. The number of nitrogens with zero attached hydrogens (tertiary/aromatic N) is 5. The van der Waals surface area contributed by atoms with Crippen molar-refractivity contribution in [2.24, 2.45) is 0 Å². The second-order valence-electron chi connectivity index (χ2n) is 6.85. The Morgan fingerprint density at radius 2 is 1.94 bits per heavy atom. The van der Waals surface area contributed by atoms with E-state index in [4.69, 9.17) is 5.26 Å². The van der Waals surface area contributed by atoms with Crippen LogP contribution in [0, 0.1) is 11.3 Å². The number of hydrogen-bond acceptors (Lipinski definition) is 5. The fraction of sp³-hybridized carbons (Fsp3) is 0.130. The van der Waals surface area contributed by atoms with Crippen LogP contribution in [-0.2, 0) is 10.8 Å². The van der Waals surface area contributed by atoms with E-state index in [1.165, 1.54) is 6.20 Å². The highest BCUT2D eigenvalue weighted by Crippen LogP contribution is 2.26. The Morgan fingerprint density at radius 3 is 2.55 bits per heavy atom. The molecule has 31 heavy (non-hydrogen) atoms. The Bertz CT molecular complexity index is 1320. The van der Waals surface area contributed by atoms with E-state index in [1.54, 1.807) is 46.3 Å². The van der Waals surface area contributed by atoms with Gasteiger partial charge in [-0.25, -0.2) is 9.50 Å². The molecule has 0 bridgehead atoms. The van der Waals surface area contributed by atoms with E-state index in [2.05, 4.69) is 10.1 Å². The van der Waals surface area contributed by atoms with Crippen LogP contribution in [0.1, 0.15) is 22.8 Å². The summed E-state index contributed by atoms with van der Waals surface area (Å²) in [4.78, 5) is 19.8. The van der Waals surface area contributed by atoms with Crippen LogP contribution < -0.4 is 4.90 Å². The van der Waals surface area contributed by atoms with E-state index < -0.39 is 10.8 Å². The standard InChI is InChI=1S/C23H19N5O2S/c1-3-27(22-9-4-16(13-24)14-25-22)23(29)18-10-11-28-21(12-18)20(15-26-28)17-5-7-19(8-6-17)31(2)30/h4-12,14-15H,3H2,1-2H3. The van der Waals surface area contributed by atoms with Crippen molar-refractivity contribution in [2.45, 2.75) is 11.8 Å². The summed E-state index contributed by atoms with van der Waals surface area (Å²) in [6.07, 6.45) is 6.60. The Balaban J connectivity index is 1.71. The van der Waals surface area contributed by atoms with Gasteiger partial charge >= 0.3 is 0 Å². The Labute approximate surface area is 182 Å². The molecule has 0 aliphatic rings. The van der Waals surface area contributed by atoms with Crippen LogP contribution in [0.25, 0.3) is 16.6 Å². The third-order valence-corrected chi connectivity index (χ3v) is 5.92. The van der Waals surface area contributed by atoms with Gasteiger partial charge in [0.2, 0.25) is 0 Å². The first-order valence-corrected chi connectivity index (χ1v) is 11.2. The average molecular weight is 430 g/mol. The molecule has 1 amide bonds. The van der Waals surface area contributed by atoms with Crippen molar-refractivity contribution in [1.29, 1.82) is 5.26 Å². The summed E-state index contributed by atoms with van der Waals surface area (Å²) in [5, 5.41) is 13.3. The number of aromatic nitrogens is 3. The second kappa shape index (κ2) is 8.50. The molecule has 0 fully saturated rings. The first-order chi connectivity index (χ1) is 15.0. The van der Waals surface area contributed by atoms with Crippen LogP contribution in [0.4, 0.5) is 5.82 Å². The molecule has 7 nitrogen and oxygen atoms in total. The number of amides is 1. The van der Waals surface area contributed by atoms with Gasteiger partial charge in [0.15, 0.2) is 0 Å². The Morgan fingerprint density at radius 1 is 1.16 bits per heavy atom. The van der Waals surface area contributed by atoms with Crippen molar-refractivity contribution in [2.75, 3.05) is 17.7 Å². The first kappa shape index (κ1) is 20.4. The molecule has 1 atom stereocenters. The number of fused-ring (bicyclic) bond motifs is 1. The summed E-state index contributed by atoms with van der Waals surface area (Å²) in [5.74, 6) is 0.300. The molecule has 0 spiro atoms. The van der Waals surface area contributed by atoms with E-state index >= 15 is 0 Å². The Hall–Kier alpha value is -3.83. The van der Waals surface area contributed by atoms with Crippen LogP contribution in [-0.4, -0.2) is 37.5 Å². The first-order valence-electron chi connectivity index (χ1n) is 9.61. The third-order valence-electron chi connectivity index (χ3n) is 4.98. The predicted molar refractivity (Wildman–Crippen MR) is 119 cm³/mol. The minimum atomic E-state index is -1.04. The molecule has 4 rings (SSSR count). The van der Waals surface area contributed by atoms with Gasteiger partial charge < -0.3 is 0 Å². The number of pyridine rings is 2. The van der Waals surface area contributed by atoms with E-state index in [9.17, 15) is 9.00 Å². The van der Waals surface area contributed by atoms with Crippen LogP contribution in [0.15, 0.2) is 72.0 Å². The number of benzene rings is 1. The molecule has 0 aliphatic carbocycles. The second-order valence-corrected chi connectivity index (χ2v) is 8.23. The zero-order valence-corrected chi connectivity index (χ0v) is 17.8. The Kier molecular flexibility index (Phi) is 5.60. The molecule has 0 radical (unpaired) electrons. The van der Waals surface area contributed by atoms with E-state index in [0.717, 1.165) is 21.5 Å². The number of hydrogen-bond donors (Lipinski definition) is 0. The average Bonchev–Trinajstić information content (AvgIpc) is 3.23. The highest BCUT2D eigenvalue weighted by atomic mass is 32.2. The fourth-order valence-electron chi connectivity index (χ4n) is 3.34. The molecule has 0 saturated heterocycles. The van der Waals surface area contributed by atoms with Crippen LogP contribution in [0.5, 0.6) is 0 Å². The lowest BCUT2D eigenvalue weighted by Crippen LogP contribution is -2.31. The van der Waals surface area contributed by atoms with Gasteiger partial charge in [-0.05, 0) is 48.9 Å². The number of carbonyl (C=O) groups excluding carboxylic acids is 1. The summed E-state index contributed by atoms with van der Waals surface area (Å²) >= 11 is 0. The summed E-state index contributed by atoms with van der Waals surface area (Å²) in [5.41, 5.74) is 3.54. The van der Waals surface area contributed by atoms with Gasteiger partial charge in [0.05, 0.1) is 17.3 Å². The monoisotopic (exact) mass is 429 g/mol. The van der Waals surface area contributed by atoms with Gasteiger partial charge in [-0.2, -0.15) is 10.4 Å². The van der Waals surface area contributed by atoms with Gasteiger partial charge in [-0.3, -0.25) is 13.9 Å². The molecule has 0 saturated carbocycles. The van der Waals surface area contributed by atoms with Crippen molar-refractivity contribution in [1.82, 2.24) is 14.6 Å². The lowest BCUT2D eigenvalue weighted by molar-refractivity contribution is 0.0987. The van der Waals surface area contributed by atoms with Crippen LogP contribution in [0.3, 0.4) is 0 Å². The minimum Gasteiger partial charge on any atom is -0.293 e. The molecule has 154 valence electrons. The minimum absolute atomic E-state index is 0.189. The maximum atomic E-state index is 13.2. The zero-order chi connectivity index (χ0) is 22.0. The molecular weight excluding hydrogens is 410 g/mol. The van der Waals surface area contributed by atoms with E-state index in [1.807, 2.05) is 43.3 Å². The molecule has 3 heterocycles. The SMILES string of the molecule is CCN(C(=O)c1ccn2ncc(-c3ccc(S(C)=O)cc3)c2c1)c1ccc(C#N)cn1. The lowest BCUT2D eigenvalue weighted by Gasteiger charge is -2.20. The smallest absolute Gasteiger partial charge is 0.259 e. The molecule has 1 aromatic carbocycles. The van der Waals surface area contributed by atoms with Gasteiger partial charge in [0, 0.05) is 52.0 Å². The van der Waals surface area contributed by atoms with E-state index in [-0.39, 0.29) is 5.91 Å². The number of anilines is 1. The number of nitriles is 1. The predicted octanol–water partition coefficient (Wildman–Crippen LogP) is 3.67.